The van der Waals surface area contributed by atoms with E-state index in [0.29, 0.717) is 19.5 Å². The van der Waals surface area contributed by atoms with Crippen LogP contribution >= 0.6 is 24.0 Å². The predicted octanol–water partition coefficient (Wildman–Crippen LogP) is 2.38. The fourth-order valence-electron chi connectivity index (χ4n) is 2.70. The molecule has 0 aromatic heterocycles. The molecule has 0 saturated carbocycles. The highest BCUT2D eigenvalue weighted by atomic mass is 127. The third-order valence-electron chi connectivity index (χ3n) is 3.99. The van der Waals surface area contributed by atoms with Gasteiger partial charge in [-0.3, -0.25) is 4.79 Å². The fourth-order valence-corrected chi connectivity index (χ4v) is 2.70. The van der Waals surface area contributed by atoms with Crippen LogP contribution in [-0.4, -0.2) is 50.1 Å². The summed E-state index contributed by atoms with van der Waals surface area (Å²) in [7, 11) is 1.66. The summed E-state index contributed by atoms with van der Waals surface area (Å²) >= 11 is 0. The van der Waals surface area contributed by atoms with Crippen molar-refractivity contribution in [3.8, 4) is 5.75 Å². The first-order valence-electron chi connectivity index (χ1n) is 8.66. The van der Waals surface area contributed by atoms with Crippen molar-refractivity contribution >= 4 is 35.8 Å². The zero-order chi connectivity index (χ0) is 17.2. The SMILES string of the molecule is CCNC(=NCc1cccc(OC)c1)NCCC(=O)N1CCCC1.I. The predicted molar refractivity (Wildman–Crippen MR) is 112 cm³/mol. The number of aliphatic imine (C=N–C) groups is 1. The summed E-state index contributed by atoms with van der Waals surface area (Å²) in [6.07, 6.45) is 2.76. The molecule has 7 heteroatoms. The second-order valence-electron chi connectivity index (χ2n) is 5.81. The number of likely N-dealkylation sites (tertiary alicyclic amines) is 1. The Bertz CT molecular complexity index is 560. The average Bonchev–Trinajstić information content (AvgIpc) is 3.14. The van der Waals surface area contributed by atoms with Gasteiger partial charge >= 0.3 is 0 Å². The maximum Gasteiger partial charge on any atom is 0.224 e. The van der Waals surface area contributed by atoms with Gasteiger partial charge in [-0.25, -0.2) is 4.99 Å². The zero-order valence-corrected chi connectivity index (χ0v) is 17.4. The number of rotatable bonds is 7. The standard InChI is InChI=1S/C18H28N4O2.HI/c1-3-19-18(20-10-9-17(23)22-11-4-5-12-22)21-14-15-7-6-8-16(13-15)24-2;/h6-8,13H,3-5,9-12,14H2,1-2H3,(H2,19,20,21);1H. The normalized spacial score (nSPS) is 14.0. The van der Waals surface area contributed by atoms with Crippen LogP contribution in [0.5, 0.6) is 5.75 Å². The van der Waals surface area contributed by atoms with Crippen molar-refractivity contribution in [1.29, 1.82) is 0 Å². The number of benzene rings is 1. The molecule has 1 fully saturated rings. The number of nitrogens with one attached hydrogen (secondary N) is 2. The molecular weight excluding hydrogens is 431 g/mol. The molecule has 1 aromatic rings. The Morgan fingerprint density at radius 3 is 2.72 bits per heavy atom. The van der Waals surface area contributed by atoms with Gasteiger partial charge in [0.05, 0.1) is 13.7 Å². The summed E-state index contributed by atoms with van der Waals surface area (Å²) in [5, 5.41) is 6.44. The lowest BCUT2D eigenvalue weighted by atomic mass is 10.2. The van der Waals surface area contributed by atoms with Gasteiger partial charge in [-0.2, -0.15) is 0 Å². The first-order valence-corrected chi connectivity index (χ1v) is 8.66. The van der Waals surface area contributed by atoms with E-state index in [1.807, 2.05) is 36.1 Å². The molecule has 1 aliphatic rings. The van der Waals surface area contributed by atoms with Crippen LogP contribution in [-0.2, 0) is 11.3 Å². The van der Waals surface area contributed by atoms with Crippen molar-refractivity contribution in [3.05, 3.63) is 29.8 Å². The largest absolute Gasteiger partial charge is 0.497 e. The highest BCUT2D eigenvalue weighted by Crippen LogP contribution is 2.13. The molecule has 1 heterocycles. The van der Waals surface area contributed by atoms with E-state index >= 15 is 0 Å². The van der Waals surface area contributed by atoms with Gasteiger partial charge in [0.1, 0.15) is 5.75 Å². The molecule has 1 saturated heterocycles. The van der Waals surface area contributed by atoms with Crippen molar-refractivity contribution in [2.24, 2.45) is 4.99 Å². The van der Waals surface area contributed by atoms with E-state index < -0.39 is 0 Å². The molecule has 140 valence electrons. The van der Waals surface area contributed by atoms with Gasteiger partial charge in [0, 0.05) is 32.6 Å². The lowest BCUT2D eigenvalue weighted by Crippen LogP contribution is -2.39. The summed E-state index contributed by atoms with van der Waals surface area (Å²) in [4.78, 5) is 18.6. The smallest absolute Gasteiger partial charge is 0.224 e. The lowest BCUT2D eigenvalue weighted by Gasteiger charge is -2.16. The number of carbonyl (C=O) groups is 1. The maximum atomic E-state index is 12.0. The number of methoxy groups -OCH3 is 1. The van der Waals surface area contributed by atoms with Crippen LogP contribution < -0.4 is 15.4 Å². The van der Waals surface area contributed by atoms with Crippen molar-refractivity contribution in [1.82, 2.24) is 15.5 Å². The fraction of sp³-hybridized carbons (Fsp3) is 0.556. The molecule has 0 aliphatic carbocycles. The molecule has 6 nitrogen and oxygen atoms in total. The Kier molecular flexibility index (Phi) is 10.3. The minimum Gasteiger partial charge on any atom is -0.497 e. The third kappa shape index (κ3) is 7.50. The maximum absolute atomic E-state index is 12.0. The molecule has 1 aromatic carbocycles. The number of amides is 1. The van der Waals surface area contributed by atoms with Crippen LogP contribution in [0.25, 0.3) is 0 Å². The molecule has 0 unspecified atom stereocenters. The molecule has 2 rings (SSSR count). The minimum absolute atomic E-state index is 0. The molecule has 0 atom stereocenters. The van der Waals surface area contributed by atoms with E-state index in [-0.39, 0.29) is 29.9 Å². The molecule has 2 N–H and O–H groups in total. The van der Waals surface area contributed by atoms with Crippen LogP contribution in [0.4, 0.5) is 0 Å². The van der Waals surface area contributed by atoms with Gasteiger partial charge in [-0.1, -0.05) is 12.1 Å². The van der Waals surface area contributed by atoms with E-state index in [4.69, 9.17) is 4.74 Å². The van der Waals surface area contributed by atoms with Gasteiger partial charge in [-0.05, 0) is 37.5 Å². The molecule has 0 spiro atoms. The second-order valence-corrected chi connectivity index (χ2v) is 5.81. The molecule has 1 aliphatic heterocycles. The van der Waals surface area contributed by atoms with Crippen LogP contribution in [0, 0.1) is 0 Å². The van der Waals surface area contributed by atoms with Crippen molar-refractivity contribution < 1.29 is 9.53 Å². The second kappa shape index (κ2) is 11.9. The highest BCUT2D eigenvalue weighted by molar-refractivity contribution is 14.0. The minimum atomic E-state index is 0. The van der Waals surface area contributed by atoms with Gasteiger partial charge < -0.3 is 20.3 Å². The first kappa shape index (κ1) is 21.5. The summed E-state index contributed by atoms with van der Waals surface area (Å²) in [5.74, 6) is 1.79. The quantitative estimate of drug-likeness (QED) is 0.373. The number of halogens is 1. The third-order valence-corrected chi connectivity index (χ3v) is 3.99. The Balaban J connectivity index is 0.00000312. The van der Waals surface area contributed by atoms with Crippen LogP contribution in [0.15, 0.2) is 29.3 Å². The number of carbonyl (C=O) groups excluding carboxylic acids is 1. The Labute approximate surface area is 167 Å². The Hall–Kier alpha value is -1.51. The number of hydrogen-bond donors (Lipinski definition) is 2. The molecule has 1 amide bonds. The summed E-state index contributed by atoms with van der Waals surface area (Å²) < 4.78 is 5.23. The molecular formula is C18H29IN4O2. The summed E-state index contributed by atoms with van der Waals surface area (Å²) in [5.41, 5.74) is 1.08. The van der Waals surface area contributed by atoms with Crippen LogP contribution in [0.2, 0.25) is 0 Å². The summed E-state index contributed by atoms with van der Waals surface area (Å²) in [6.45, 7) is 5.78. The van der Waals surface area contributed by atoms with E-state index in [2.05, 4.69) is 15.6 Å². The van der Waals surface area contributed by atoms with E-state index in [9.17, 15) is 4.79 Å². The molecule has 0 bridgehead atoms. The topological polar surface area (TPSA) is 66.0 Å². The highest BCUT2D eigenvalue weighted by Gasteiger charge is 2.17. The van der Waals surface area contributed by atoms with E-state index in [0.717, 1.165) is 49.7 Å². The monoisotopic (exact) mass is 460 g/mol. The van der Waals surface area contributed by atoms with Crippen LogP contribution in [0.3, 0.4) is 0 Å². The van der Waals surface area contributed by atoms with Crippen molar-refractivity contribution in [2.75, 3.05) is 33.3 Å². The molecule has 25 heavy (non-hydrogen) atoms. The van der Waals surface area contributed by atoms with Gasteiger partial charge in [0.25, 0.3) is 0 Å². The van der Waals surface area contributed by atoms with Crippen molar-refractivity contribution in [3.63, 3.8) is 0 Å². The van der Waals surface area contributed by atoms with Gasteiger partial charge in [0.15, 0.2) is 5.96 Å². The van der Waals surface area contributed by atoms with E-state index in [1.54, 1.807) is 7.11 Å². The van der Waals surface area contributed by atoms with Gasteiger partial charge in [-0.15, -0.1) is 24.0 Å². The Morgan fingerprint density at radius 1 is 1.28 bits per heavy atom. The zero-order valence-electron chi connectivity index (χ0n) is 15.1. The summed E-state index contributed by atoms with van der Waals surface area (Å²) in [6, 6.07) is 7.87. The number of nitrogens with zero attached hydrogens (tertiary/aromatic N) is 2. The molecule has 0 radical (unpaired) electrons. The van der Waals surface area contributed by atoms with Crippen LogP contribution in [0.1, 0.15) is 31.7 Å². The number of hydrogen-bond acceptors (Lipinski definition) is 3. The van der Waals surface area contributed by atoms with E-state index in [1.165, 1.54) is 0 Å². The average molecular weight is 460 g/mol. The number of ether oxygens (including phenoxy) is 1. The van der Waals surface area contributed by atoms with Crippen molar-refractivity contribution in [2.45, 2.75) is 32.7 Å². The first-order chi connectivity index (χ1) is 11.7. The number of guanidine groups is 1. The Morgan fingerprint density at radius 2 is 2.04 bits per heavy atom. The van der Waals surface area contributed by atoms with Gasteiger partial charge in [0.2, 0.25) is 5.91 Å². The lowest BCUT2D eigenvalue weighted by molar-refractivity contribution is -0.129.